The van der Waals surface area contributed by atoms with Gasteiger partial charge in [-0.05, 0) is 80.6 Å². The van der Waals surface area contributed by atoms with Gasteiger partial charge in [0, 0.05) is 35.3 Å². The average molecular weight is 579 g/mol. The van der Waals surface area contributed by atoms with Crippen molar-refractivity contribution in [3.63, 3.8) is 0 Å². The highest BCUT2D eigenvalue weighted by molar-refractivity contribution is 6.30. The van der Waals surface area contributed by atoms with Crippen molar-refractivity contribution in [2.24, 2.45) is 0 Å². The Bertz CT molecular complexity index is 1610. The number of hydrogen-bond donors (Lipinski definition) is 0. The minimum atomic E-state index is -1.21. The summed E-state index contributed by atoms with van der Waals surface area (Å²) < 4.78 is 42.3. The molecule has 10 heteroatoms. The Hall–Kier alpha value is -3.98. The molecule has 1 fully saturated rings. The molecule has 0 bridgehead atoms. The molecule has 212 valence electrons. The molecule has 0 atom stereocenters. The van der Waals surface area contributed by atoms with E-state index >= 15 is 0 Å². The van der Waals surface area contributed by atoms with Crippen LogP contribution in [0.1, 0.15) is 66.5 Å². The maximum atomic E-state index is 14.6. The van der Waals surface area contributed by atoms with Crippen molar-refractivity contribution in [3.05, 3.63) is 93.8 Å². The van der Waals surface area contributed by atoms with Crippen molar-refractivity contribution in [3.8, 4) is 22.9 Å². The van der Waals surface area contributed by atoms with Crippen LogP contribution in [0.4, 0.5) is 8.78 Å². The first-order valence-corrected chi connectivity index (χ1v) is 13.9. The Kier molecular flexibility index (Phi) is 6.93. The first-order valence-electron chi connectivity index (χ1n) is 13.5. The normalized spacial score (nSPS) is 15.2. The van der Waals surface area contributed by atoms with Crippen LogP contribution in [-0.2, 0) is 18.7 Å². The van der Waals surface area contributed by atoms with Crippen molar-refractivity contribution in [2.45, 2.75) is 57.8 Å². The third-order valence-corrected chi connectivity index (χ3v) is 7.99. The van der Waals surface area contributed by atoms with E-state index in [4.69, 9.17) is 21.1 Å². The molecule has 3 aromatic carbocycles. The number of carbonyl (C=O) groups excluding carboxylic acids is 1. The topological polar surface area (TPSA) is 69.5 Å². The van der Waals surface area contributed by atoms with Crippen LogP contribution in [0.2, 0.25) is 5.02 Å². The van der Waals surface area contributed by atoms with Crippen LogP contribution >= 0.6 is 11.6 Å². The lowest BCUT2D eigenvalue weighted by Gasteiger charge is -2.33. The average Bonchev–Trinajstić information content (AvgIpc) is 3.47. The summed E-state index contributed by atoms with van der Waals surface area (Å²) in [7, 11) is 1.62. The second-order valence-corrected chi connectivity index (χ2v) is 11.4. The Morgan fingerprint density at radius 2 is 1.73 bits per heavy atom. The van der Waals surface area contributed by atoms with Gasteiger partial charge in [-0.2, -0.15) is 0 Å². The van der Waals surface area contributed by atoms with Gasteiger partial charge in [-0.15, -0.1) is 10.2 Å². The van der Waals surface area contributed by atoms with Crippen molar-refractivity contribution in [1.29, 1.82) is 0 Å². The molecule has 2 heterocycles. The van der Waals surface area contributed by atoms with Gasteiger partial charge < -0.3 is 18.9 Å². The molecule has 0 radical (unpaired) electrons. The highest BCUT2D eigenvalue weighted by Crippen LogP contribution is 2.41. The number of methoxy groups -OCH3 is 1. The van der Waals surface area contributed by atoms with E-state index in [-0.39, 0.29) is 17.0 Å². The number of amides is 1. The fraction of sp³-hybridized carbons (Fsp3) is 0.323. The number of aromatic nitrogens is 3. The summed E-state index contributed by atoms with van der Waals surface area (Å²) in [6.07, 6.45) is 2.91. The Balaban J connectivity index is 1.30. The molecule has 41 heavy (non-hydrogen) atoms. The predicted octanol–water partition coefficient (Wildman–Crippen LogP) is 7.08. The number of hydrogen-bond acceptors (Lipinski definition) is 5. The van der Waals surface area contributed by atoms with Gasteiger partial charge in [-0.3, -0.25) is 4.79 Å². The molecule has 1 amide bonds. The number of rotatable bonds is 8. The molecule has 7 nitrogen and oxygen atoms in total. The highest BCUT2D eigenvalue weighted by atomic mass is 35.5. The molecular formula is C31H29ClF2N4O3. The quantitative estimate of drug-likeness (QED) is 0.223. The van der Waals surface area contributed by atoms with E-state index in [0.29, 0.717) is 30.3 Å². The first-order chi connectivity index (χ1) is 19.6. The zero-order valence-electron chi connectivity index (χ0n) is 23.0. The van der Waals surface area contributed by atoms with Gasteiger partial charge in [0.2, 0.25) is 0 Å². The van der Waals surface area contributed by atoms with Gasteiger partial charge in [-0.25, -0.2) is 8.78 Å². The standard InChI is InChI=1S/C31H29ClF2N4O3/c1-31(2,41-27-25(33)14-21(32)15-26(27)34)30-36-35-28(38(30)22-5-4-6-22)19-9-12-24-20(13-19)17-37(29(24)39)16-18-7-10-23(40-3)11-8-18/h7-15,22H,4-6,16-17H2,1-3H3. The molecule has 0 spiro atoms. The van der Waals surface area contributed by atoms with Crippen molar-refractivity contribution >= 4 is 17.5 Å². The third-order valence-electron chi connectivity index (χ3n) is 7.77. The summed E-state index contributed by atoms with van der Waals surface area (Å²) >= 11 is 5.79. The number of carbonyl (C=O) groups is 1. The van der Waals surface area contributed by atoms with E-state index in [0.717, 1.165) is 53.8 Å². The molecule has 0 N–H and O–H groups in total. The predicted molar refractivity (Wildman–Crippen MR) is 150 cm³/mol. The molecule has 1 saturated carbocycles. The van der Waals surface area contributed by atoms with Gasteiger partial charge in [0.15, 0.2) is 34.6 Å². The van der Waals surface area contributed by atoms with Crippen LogP contribution in [-0.4, -0.2) is 32.7 Å². The minimum absolute atomic E-state index is 0.0231. The number of ether oxygens (including phenoxy) is 2. The Labute approximate surface area is 241 Å². The summed E-state index contributed by atoms with van der Waals surface area (Å²) in [6.45, 7) is 4.38. The summed E-state index contributed by atoms with van der Waals surface area (Å²) in [6, 6.07) is 15.5. The zero-order valence-corrected chi connectivity index (χ0v) is 23.7. The second-order valence-electron chi connectivity index (χ2n) is 11.0. The number of benzene rings is 3. The largest absolute Gasteiger partial charge is 0.497 e. The highest BCUT2D eigenvalue weighted by Gasteiger charge is 2.37. The van der Waals surface area contributed by atoms with Gasteiger partial charge in [0.1, 0.15) is 5.75 Å². The van der Waals surface area contributed by atoms with E-state index in [1.54, 1.807) is 21.0 Å². The van der Waals surface area contributed by atoms with Gasteiger partial charge >= 0.3 is 0 Å². The van der Waals surface area contributed by atoms with Crippen molar-refractivity contribution in [2.75, 3.05) is 7.11 Å². The van der Waals surface area contributed by atoms with Crippen LogP contribution in [0.25, 0.3) is 11.4 Å². The fourth-order valence-electron chi connectivity index (χ4n) is 5.42. The Morgan fingerprint density at radius 1 is 1.02 bits per heavy atom. The van der Waals surface area contributed by atoms with Crippen molar-refractivity contribution < 1.29 is 23.0 Å². The fourth-order valence-corrected chi connectivity index (χ4v) is 5.61. The van der Waals surface area contributed by atoms with E-state index in [2.05, 4.69) is 10.2 Å². The summed E-state index contributed by atoms with van der Waals surface area (Å²) in [5.41, 5.74) is 2.18. The van der Waals surface area contributed by atoms with Crippen LogP contribution in [0.5, 0.6) is 11.5 Å². The maximum absolute atomic E-state index is 14.6. The van der Waals surface area contributed by atoms with E-state index < -0.39 is 23.0 Å². The lowest BCUT2D eigenvalue weighted by molar-refractivity contribution is 0.0766. The van der Waals surface area contributed by atoms with Gasteiger partial charge in [-0.1, -0.05) is 29.8 Å². The smallest absolute Gasteiger partial charge is 0.254 e. The molecule has 0 unspecified atom stereocenters. The molecule has 2 aliphatic rings. The SMILES string of the molecule is COc1ccc(CN2Cc3cc(-c4nnc(C(C)(C)Oc5c(F)cc(Cl)cc5F)n4C4CCC4)ccc3C2=O)cc1. The van der Waals surface area contributed by atoms with Crippen LogP contribution in [0, 0.1) is 11.6 Å². The van der Waals surface area contributed by atoms with Gasteiger partial charge in [0.25, 0.3) is 5.91 Å². The van der Waals surface area contributed by atoms with Crippen LogP contribution < -0.4 is 9.47 Å². The molecule has 1 aliphatic carbocycles. The van der Waals surface area contributed by atoms with Gasteiger partial charge in [0.05, 0.1) is 7.11 Å². The molecule has 1 aromatic heterocycles. The first kappa shape index (κ1) is 27.2. The van der Waals surface area contributed by atoms with Crippen LogP contribution in [0.3, 0.4) is 0 Å². The molecular weight excluding hydrogens is 550 g/mol. The van der Waals surface area contributed by atoms with E-state index in [9.17, 15) is 13.6 Å². The number of nitrogens with zero attached hydrogens (tertiary/aromatic N) is 4. The van der Waals surface area contributed by atoms with Crippen LogP contribution in [0.15, 0.2) is 54.6 Å². The molecule has 4 aromatic rings. The van der Waals surface area contributed by atoms with Crippen molar-refractivity contribution in [1.82, 2.24) is 19.7 Å². The molecule has 1 aliphatic heterocycles. The summed E-state index contributed by atoms with van der Waals surface area (Å²) in [5, 5.41) is 8.93. The second kappa shape index (κ2) is 10.4. The van der Waals surface area contributed by atoms with E-state index in [1.165, 1.54) is 0 Å². The lowest BCUT2D eigenvalue weighted by atomic mass is 9.91. The number of halogens is 3. The molecule has 0 saturated heterocycles. The number of fused-ring (bicyclic) bond motifs is 1. The monoisotopic (exact) mass is 578 g/mol. The summed E-state index contributed by atoms with van der Waals surface area (Å²) in [4.78, 5) is 15.0. The van der Waals surface area contributed by atoms with E-state index in [1.807, 2.05) is 51.9 Å². The summed E-state index contributed by atoms with van der Waals surface area (Å²) in [5.74, 6) is -0.463. The molecule has 6 rings (SSSR count). The zero-order chi connectivity index (χ0) is 28.9. The minimum Gasteiger partial charge on any atom is -0.497 e. The third kappa shape index (κ3) is 5.03. The maximum Gasteiger partial charge on any atom is 0.254 e. The Morgan fingerprint density at radius 3 is 2.37 bits per heavy atom. The lowest BCUT2D eigenvalue weighted by Crippen LogP contribution is -2.33.